The second kappa shape index (κ2) is 6.34. The van der Waals surface area contributed by atoms with Crippen LogP contribution in [-0.4, -0.2) is 29.3 Å². The first-order chi connectivity index (χ1) is 9.79. The molecule has 1 heterocycles. The molecule has 2 amide bonds. The van der Waals surface area contributed by atoms with Crippen LogP contribution in [-0.2, 0) is 9.59 Å². The third-order valence-corrected chi connectivity index (χ3v) is 4.29. The molecule has 4 nitrogen and oxygen atoms in total. The maximum absolute atomic E-state index is 12.4. The van der Waals surface area contributed by atoms with Gasteiger partial charge in [-0.3, -0.25) is 9.59 Å². The zero-order valence-corrected chi connectivity index (χ0v) is 14.8. The Morgan fingerprint density at radius 2 is 1.86 bits per heavy atom. The minimum atomic E-state index is -0.453. The minimum Gasteiger partial charge on any atom is -0.330 e. The number of hydrogen-bond acceptors (Lipinski definition) is 2. The van der Waals surface area contributed by atoms with Gasteiger partial charge in [-0.15, -0.1) is 0 Å². The molecule has 1 fully saturated rings. The Balaban J connectivity index is 2.07. The third-order valence-electron chi connectivity index (χ3n) is 3.57. The summed E-state index contributed by atoms with van der Waals surface area (Å²) in [6, 6.07) is 7.30. The van der Waals surface area contributed by atoms with Gasteiger partial charge in [-0.05, 0) is 59.7 Å². The average molecular weight is 400 g/mol. The monoisotopic (exact) mass is 400 g/mol. The minimum absolute atomic E-state index is 0.0442. The fourth-order valence-corrected chi connectivity index (χ4v) is 2.83. The van der Waals surface area contributed by atoms with E-state index in [2.05, 4.69) is 27.9 Å². The number of carbonyl (C=O) groups excluding carboxylic acids is 2. The van der Waals surface area contributed by atoms with Gasteiger partial charge in [0.05, 0.1) is 0 Å². The van der Waals surface area contributed by atoms with Crippen molar-refractivity contribution in [3.8, 4) is 0 Å². The Hall–Kier alpha value is -1.11. The average Bonchev–Trinajstić information content (AvgIpc) is 2.88. The van der Waals surface area contributed by atoms with Gasteiger partial charge in [-0.2, -0.15) is 0 Å². The fraction of sp³-hybridized carbons (Fsp3) is 0.500. The largest absolute Gasteiger partial charge is 0.330 e. The second-order valence-electron chi connectivity index (χ2n) is 6.40. The summed E-state index contributed by atoms with van der Waals surface area (Å²) >= 11 is 2.22. The molecular weight excluding hydrogens is 379 g/mol. The maximum atomic E-state index is 12.4. The van der Waals surface area contributed by atoms with Crippen LogP contribution in [0.3, 0.4) is 0 Å². The fourth-order valence-electron chi connectivity index (χ4n) is 2.47. The summed E-state index contributed by atoms with van der Waals surface area (Å²) in [4.78, 5) is 26.6. The van der Waals surface area contributed by atoms with Crippen LogP contribution in [0.15, 0.2) is 24.3 Å². The van der Waals surface area contributed by atoms with Crippen LogP contribution in [0.1, 0.15) is 33.6 Å². The van der Waals surface area contributed by atoms with Crippen LogP contribution in [0.4, 0.5) is 5.69 Å². The number of nitrogens with zero attached hydrogens (tertiary/aromatic N) is 1. The van der Waals surface area contributed by atoms with E-state index in [1.54, 1.807) is 4.90 Å². The first-order valence-electron chi connectivity index (χ1n) is 7.16. The van der Waals surface area contributed by atoms with Gasteiger partial charge < -0.3 is 10.2 Å². The molecule has 0 saturated carbocycles. The molecule has 2 rings (SSSR count). The van der Waals surface area contributed by atoms with Crippen LogP contribution in [0.2, 0.25) is 0 Å². The van der Waals surface area contributed by atoms with E-state index in [1.165, 1.54) is 0 Å². The number of anilines is 1. The van der Waals surface area contributed by atoms with E-state index in [-0.39, 0.29) is 17.9 Å². The molecule has 0 bridgehead atoms. The van der Waals surface area contributed by atoms with Gasteiger partial charge in [0.1, 0.15) is 6.04 Å². The highest BCUT2D eigenvalue weighted by molar-refractivity contribution is 14.1. The standard InChI is InChI=1S/C16H21IN2O2/c1-16(2,3)15(21)19-10-4-5-13(19)14(20)18-12-8-6-11(17)7-9-12/h6-9,13H,4-5,10H2,1-3H3,(H,18,20). The highest BCUT2D eigenvalue weighted by Crippen LogP contribution is 2.26. The van der Waals surface area contributed by atoms with Gasteiger partial charge in [0, 0.05) is 21.2 Å². The molecule has 0 spiro atoms. The summed E-state index contributed by atoms with van der Waals surface area (Å²) in [5.74, 6) is -0.0472. The summed E-state index contributed by atoms with van der Waals surface area (Å²) in [5, 5.41) is 2.91. The van der Waals surface area contributed by atoms with Crippen molar-refractivity contribution < 1.29 is 9.59 Å². The molecule has 1 atom stereocenters. The predicted molar refractivity (Wildman–Crippen MR) is 92.0 cm³/mol. The van der Waals surface area contributed by atoms with Crippen LogP contribution < -0.4 is 5.32 Å². The van der Waals surface area contributed by atoms with Crippen LogP contribution in [0.25, 0.3) is 0 Å². The van der Waals surface area contributed by atoms with Crippen molar-refractivity contribution in [3.63, 3.8) is 0 Å². The van der Waals surface area contributed by atoms with E-state index in [9.17, 15) is 9.59 Å². The Labute approximate surface area is 139 Å². The molecule has 1 aliphatic rings. The van der Waals surface area contributed by atoms with Crippen LogP contribution in [0.5, 0.6) is 0 Å². The summed E-state index contributed by atoms with van der Waals surface area (Å²) in [7, 11) is 0. The van der Waals surface area contributed by atoms with E-state index >= 15 is 0 Å². The zero-order chi connectivity index (χ0) is 15.6. The Morgan fingerprint density at radius 3 is 2.43 bits per heavy atom. The van der Waals surface area contributed by atoms with Crippen molar-refractivity contribution in [1.82, 2.24) is 4.90 Å². The van der Waals surface area contributed by atoms with Crippen LogP contribution >= 0.6 is 22.6 Å². The van der Waals surface area contributed by atoms with Crippen molar-refractivity contribution in [2.75, 3.05) is 11.9 Å². The van der Waals surface area contributed by atoms with E-state index in [1.807, 2.05) is 45.0 Å². The molecule has 1 unspecified atom stereocenters. The normalized spacial score (nSPS) is 18.7. The molecule has 21 heavy (non-hydrogen) atoms. The van der Waals surface area contributed by atoms with Gasteiger partial charge >= 0.3 is 0 Å². The van der Waals surface area contributed by atoms with Crippen molar-refractivity contribution >= 4 is 40.1 Å². The van der Waals surface area contributed by atoms with Gasteiger partial charge in [0.15, 0.2) is 0 Å². The van der Waals surface area contributed by atoms with Crippen molar-refractivity contribution in [3.05, 3.63) is 27.8 Å². The highest BCUT2D eigenvalue weighted by Gasteiger charge is 2.38. The number of halogens is 1. The smallest absolute Gasteiger partial charge is 0.247 e. The third kappa shape index (κ3) is 3.96. The first-order valence-corrected chi connectivity index (χ1v) is 8.24. The van der Waals surface area contributed by atoms with E-state index in [4.69, 9.17) is 0 Å². The number of benzene rings is 1. The van der Waals surface area contributed by atoms with E-state index < -0.39 is 5.41 Å². The number of hydrogen-bond donors (Lipinski definition) is 1. The molecule has 0 aromatic heterocycles. The lowest BCUT2D eigenvalue weighted by molar-refractivity contribution is -0.143. The first kappa shape index (κ1) is 16.3. The predicted octanol–water partition coefficient (Wildman–Crippen LogP) is 3.27. The zero-order valence-electron chi connectivity index (χ0n) is 12.6. The summed E-state index contributed by atoms with van der Waals surface area (Å²) in [6.45, 7) is 6.34. The maximum Gasteiger partial charge on any atom is 0.247 e. The molecule has 1 aromatic rings. The Morgan fingerprint density at radius 1 is 1.24 bits per heavy atom. The van der Waals surface area contributed by atoms with Crippen molar-refractivity contribution in [2.24, 2.45) is 5.41 Å². The quantitative estimate of drug-likeness (QED) is 0.775. The molecule has 114 valence electrons. The second-order valence-corrected chi connectivity index (χ2v) is 7.65. The van der Waals surface area contributed by atoms with Crippen molar-refractivity contribution in [1.29, 1.82) is 0 Å². The number of rotatable bonds is 2. The molecular formula is C16H21IN2O2. The lowest BCUT2D eigenvalue weighted by atomic mass is 9.94. The molecule has 1 saturated heterocycles. The topological polar surface area (TPSA) is 49.4 Å². The number of nitrogens with one attached hydrogen (secondary N) is 1. The molecule has 5 heteroatoms. The van der Waals surface area contributed by atoms with Gasteiger partial charge in [0.25, 0.3) is 0 Å². The molecule has 0 radical (unpaired) electrons. The highest BCUT2D eigenvalue weighted by atomic mass is 127. The van der Waals surface area contributed by atoms with Gasteiger partial charge in [-0.25, -0.2) is 0 Å². The van der Waals surface area contributed by atoms with E-state index in [0.29, 0.717) is 6.54 Å². The van der Waals surface area contributed by atoms with E-state index in [0.717, 1.165) is 22.1 Å². The van der Waals surface area contributed by atoms with Crippen molar-refractivity contribution in [2.45, 2.75) is 39.7 Å². The number of likely N-dealkylation sites (tertiary alicyclic amines) is 1. The summed E-state index contributed by atoms with van der Waals surface area (Å²) in [5.41, 5.74) is 0.321. The lowest BCUT2D eigenvalue weighted by Crippen LogP contribution is -2.47. The Kier molecular flexibility index (Phi) is 4.91. The molecule has 1 aliphatic heterocycles. The number of amides is 2. The Bertz CT molecular complexity index is 534. The summed E-state index contributed by atoms with van der Waals surface area (Å²) in [6.07, 6.45) is 1.62. The number of carbonyl (C=O) groups is 2. The lowest BCUT2D eigenvalue weighted by Gasteiger charge is -2.30. The summed E-state index contributed by atoms with van der Waals surface area (Å²) < 4.78 is 1.12. The van der Waals surface area contributed by atoms with Gasteiger partial charge in [0.2, 0.25) is 11.8 Å². The SMILES string of the molecule is CC(C)(C)C(=O)N1CCCC1C(=O)Nc1ccc(I)cc1. The van der Waals surface area contributed by atoms with Gasteiger partial charge in [-0.1, -0.05) is 20.8 Å². The molecule has 0 aliphatic carbocycles. The van der Waals surface area contributed by atoms with Crippen LogP contribution in [0, 0.1) is 8.99 Å². The molecule has 1 aromatic carbocycles. The molecule has 1 N–H and O–H groups in total.